The van der Waals surface area contributed by atoms with Crippen LogP contribution in [0.1, 0.15) is 0 Å². The van der Waals surface area contributed by atoms with Crippen LogP contribution in [-0.2, 0) is 19.9 Å². The van der Waals surface area contributed by atoms with E-state index in [0.717, 1.165) is 6.26 Å². The van der Waals surface area contributed by atoms with Crippen molar-refractivity contribution in [1.82, 2.24) is 0 Å². The van der Waals surface area contributed by atoms with Gasteiger partial charge in [0.25, 0.3) is 0 Å². The molecule has 0 bridgehead atoms. The molecule has 0 saturated carbocycles. The van der Waals surface area contributed by atoms with Crippen LogP contribution in [0.25, 0.3) is 0 Å². The van der Waals surface area contributed by atoms with E-state index in [9.17, 15) is 21.9 Å². The summed E-state index contributed by atoms with van der Waals surface area (Å²) in [6.45, 7) is 0. The summed E-state index contributed by atoms with van der Waals surface area (Å²) in [5.41, 5.74) is -0.0870. The molecule has 1 aromatic carbocycles. The van der Waals surface area contributed by atoms with Crippen molar-refractivity contribution in [3.05, 3.63) is 23.2 Å². The highest BCUT2D eigenvalue weighted by Gasteiger charge is 2.16. The maximum Gasteiger partial charge on any atom is 0.233 e. The van der Waals surface area contributed by atoms with Crippen LogP contribution in [0.2, 0.25) is 5.02 Å². The van der Waals surface area contributed by atoms with Gasteiger partial charge in [-0.15, -0.1) is 0 Å². The Kier molecular flexibility index (Phi) is 4.46. The number of phenols is 1. The number of rotatable bonds is 5. The lowest BCUT2D eigenvalue weighted by molar-refractivity contribution is 0.478. The van der Waals surface area contributed by atoms with Crippen molar-refractivity contribution in [2.45, 2.75) is 0 Å². The van der Waals surface area contributed by atoms with Crippen molar-refractivity contribution in [2.75, 3.05) is 22.5 Å². The standard InChI is InChI=1S/C9H12ClNO5S2/c1-17(13,14)5-6-18(15,16)11-8-4-2-3-7(10)9(8)12/h2-4,11-12H,5-6H2,1H3. The van der Waals surface area contributed by atoms with E-state index in [0.29, 0.717) is 0 Å². The van der Waals surface area contributed by atoms with Crippen molar-refractivity contribution < 1.29 is 21.9 Å². The van der Waals surface area contributed by atoms with Gasteiger partial charge in [-0.3, -0.25) is 4.72 Å². The molecule has 9 heteroatoms. The van der Waals surface area contributed by atoms with E-state index in [1.807, 2.05) is 0 Å². The van der Waals surface area contributed by atoms with E-state index in [4.69, 9.17) is 11.6 Å². The third kappa shape index (κ3) is 4.71. The van der Waals surface area contributed by atoms with E-state index >= 15 is 0 Å². The summed E-state index contributed by atoms with van der Waals surface area (Å²) in [6, 6.07) is 4.17. The van der Waals surface area contributed by atoms with Gasteiger partial charge in [0.15, 0.2) is 5.75 Å². The lowest BCUT2D eigenvalue weighted by Gasteiger charge is -2.09. The summed E-state index contributed by atoms with van der Waals surface area (Å²) in [7, 11) is -7.23. The summed E-state index contributed by atoms with van der Waals surface area (Å²) in [5, 5.41) is 9.51. The van der Waals surface area contributed by atoms with E-state index in [1.165, 1.54) is 18.2 Å². The molecule has 0 aliphatic heterocycles. The van der Waals surface area contributed by atoms with E-state index in [-0.39, 0.29) is 10.7 Å². The summed E-state index contributed by atoms with van der Waals surface area (Å²) in [5.74, 6) is -1.48. The number of nitrogens with one attached hydrogen (secondary N) is 1. The van der Waals surface area contributed by atoms with Gasteiger partial charge in [0.1, 0.15) is 9.84 Å². The first-order valence-corrected chi connectivity index (χ1v) is 8.85. The van der Waals surface area contributed by atoms with Gasteiger partial charge < -0.3 is 5.11 Å². The summed E-state index contributed by atoms with van der Waals surface area (Å²) in [6.07, 6.45) is 0.944. The molecule has 0 fully saturated rings. The Hall–Kier alpha value is -0.990. The molecule has 0 saturated heterocycles. The second-order valence-electron chi connectivity index (χ2n) is 3.69. The van der Waals surface area contributed by atoms with Crippen molar-refractivity contribution in [2.24, 2.45) is 0 Å². The topological polar surface area (TPSA) is 101 Å². The fraction of sp³-hybridized carbons (Fsp3) is 0.333. The Labute approximate surface area is 111 Å². The molecule has 0 heterocycles. The minimum absolute atomic E-state index is 0.00156. The highest BCUT2D eigenvalue weighted by Crippen LogP contribution is 2.31. The van der Waals surface area contributed by atoms with Crippen molar-refractivity contribution in [3.8, 4) is 5.75 Å². The molecule has 1 rings (SSSR count). The molecule has 0 aliphatic rings. The Balaban J connectivity index is 2.87. The number of sulfone groups is 1. The van der Waals surface area contributed by atoms with Crippen LogP contribution in [-0.4, -0.2) is 39.7 Å². The fourth-order valence-electron chi connectivity index (χ4n) is 1.08. The van der Waals surface area contributed by atoms with E-state index in [2.05, 4.69) is 4.72 Å². The van der Waals surface area contributed by atoms with E-state index < -0.39 is 37.1 Å². The first-order valence-electron chi connectivity index (χ1n) is 4.76. The highest BCUT2D eigenvalue weighted by atomic mass is 35.5. The minimum Gasteiger partial charge on any atom is -0.504 e. The number of phenolic OH excluding ortho intramolecular Hbond substituents is 1. The second-order valence-corrected chi connectivity index (χ2v) is 8.20. The molecule has 2 N–H and O–H groups in total. The highest BCUT2D eigenvalue weighted by molar-refractivity contribution is 7.95. The van der Waals surface area contributed by atoms with Crippen LogP contribution in [0.3, 0.4) is 0 Å². The number of para-hydroxylation sites is 1. The molecule has 0 aromatic heterocycles. The number of hydrogen-bond acceptors (Lipinski definition) is 5. The monoisotopic (exact) mass is 313 g/mol. The van der Waals surface area contributed by atoms with Gasteiger partial charge in [-0.1, -0.05) is 17.7 Å². The van der Waals surface area contributed by atoms with Gasteiger partial charge in [0, 0.05) is 6.26 Å². The van der Waals surface area contributed by atoms with Crippen LogP contribution in [0.4, 0.5) is 5.69 Å². The Morgan fingerprint density at radius 2 is 1.83 bits per heavy atom. The average Bonchev–Trinajstić information content (AvgIpc) is 2.21. The number of halogens is 1. The number of sulfonamides is 1. The van der Waals surface area contributed by atoms with Crippen LogP contribution in [0.15, 0.2) is 18.2 Å². The number of benzene rings is 1. The van der Waals surface area contributed by atoms with Crippen molar-refractivity contribution in [3.63, 3.8) is 0 Å². The average molecular weight is 314 g/mol. The Morgan fingerprint density at radius 1 is 1.22 bits per heavy atom. The number of aromatic hydroxyl groups is 1. The first kappa shape index (κ1) is 15.1. The zero-order valence-corrected chi connectivity index (χ0v) is 11.8. The summed E-state index contributed by atoms with van der Waals surface area (Å²) >= 11 is 5.61. The molecular formula is C9H12ClNO5S2. The second kappa shape index (κ2) is 5.33. The molecular weight excluding hydrogens is 302 g/mol. The third-order valence-corrected chi connectivity index (χ3v) is 4.76. The molecule has 0 radical (unpaired) electrons. The van der Waals surface area contributed by atoms with Gasteiger partial charge in [0.2, 0.25) is 10.0 Å². The number of hydrogen-bond donors (Lipinski definition) is 2. The quantitative estimate of drug-likeness (QED) is 0.784. The SMILES string of the molecule is CS(=O)(=O)CCS(=O)(=O)Nc1cccc(Cl)c1O. The summed E-state index contributed by atoms with van der Waals surface area (Å²) in [4.78, 5) is 0. The maximum atomic E-state index is 11.6. The van der Waals surface area contributed by atoms with Gasteiger partial charge in [-0.25, -0.2) is 16.8 Å². The minimum atomic E-state index is -3.85. The fourth-order valence-corrected chi connectivity index (χ4v) is 3.94. The largest absolute Gasteiger partial charge is 0.504 e. The van der Waals surface area contributed by atoms with Crippen LogP contribution in [0.5, 0.6) is 5.75 Å². The first-order chi connectivity index (χ1) is 8.11. The summed E-state index contributed by atoms with van der Waals surface area (Å²) < 4.78 is 47.0. The maximum absolute atomic E-state index is 11.6. The van der Waals surface area contributed by atoms with Gasteiger partial charge in [0.05, 0.1) is 22.2 Å². The molecule has 0 aliphatic carbocycles. The smallest absolute Gasteiger partial charge is 0.233 e. The van der Waals surface area contributed by atoms with Gasteiger partial charge in [-0.05, 0) is 12.1 Å². The van der Waals surface area contributed by atoms with Crippen molar-refractivity contribution >= 4 is 37.1 Å². The molecule has 0 unspecified atom stereocenters. The molecule has 1 aromatic rings. The predicted octanol–water partition coefficient (Wildman–Crippen LogP) is 0.832. The zero-order chi connectivity index (χ0) is 14.0. The lowest BCUT2D eigenvalue weighted by Crippen LogP contribution is -2.22. The van der Waals surface area contributed by atoms with Crippen LogP contribution in [0, 0.1) is 0 Å². The molecule has 0 amide bonds. The third-order valence-electron chi connectivity index (χ3n) is 1.98. The normalized spacial score (nSPS) is 12.3. The zero-order valence-electron chi connectivity index (χ0n) is 9.42. The van der Waals surface area contributed by atoms with Crippen LogP contribution >= 0.6 is 11.6 Å². The van der Waals surface area contributed by atoms with Crippen molar-refractivity contribution in [1.29, 1.82) is 0 Å². The molecule has 0 spiro atoms. The lowest BCUT2D eigenvalue weighted by atomic mass is 10.3. The van der Waals surface area contributed by atoms with E-state index in [1.54, 1.807) is 0 Å². The molecule has 18 heavy (non-hydrogen) atoms. The number of anilines is 1. The molecule has 6 nitrogen and oxygen atoms in total. The predicted molar refractivity (Wildman–Crippen MR) is 70.2 cm³/mol. The van der Waals surface area contributed by atoms with Crippen LogP contribution < -0.4 is 4.72 Å². The van der Waals surface area contributed by atoms with Gasteiger partial charge >= 0.3 is 0 Å². The Bertz CT molecular complexity index is 639. The van der Waals surface area contributed by atoms with Gasteiger partial charge in [-0.2, -0.15) is 0 Å². The Morgan fingerprint density at radius 3 is 2.39 bits per heavy atom. The molecule has 102 valence electrons. The molecule has 0 atom stereocenters.